The number of thioether (sulfide) groups is 1. The van der Waals surface area contributed by atoms with Gasteiger partial charge in [0, 0.05) is 21.4 Å². The van der Waals surface area contributed by atoms with Gasteiger partial charge in [-0.15, -0.1) is 11.8 Å². The molecule has 2 N–H and O–H groups in total. The van der Waals surface area contributed by atoms with Crippen LogP contribution in [0.3, 0.4) is 0 Å². The van der Waals surface area contributed by atoms with Gasteiger partial charge in [0.25, 0.3) is 0 Å². The lowest BCUT2D eigenvalue weighted by molar-refractivity contribution is -0.117. The van der Waals surface area contributed by atoms with E-state index in [0.29, 0.717) is 10.7 Å². The van der Waals surface area contributed by atoms with Crippen LogP contribution in [0.2, 0.25) is 5.02 Å². The summed E-state index contributed by atoms with van der Waals surface area (Å²) in [4.78, 5) is 13.5. The Morgan fingerprint density at radius 1 is 1.29 bits per heavy atom. The molecule has 0 bridgehead atoms. The second-order valence-corrected chi connectivity index (χ2v) is 8.77. The van der Waals surface area contributed by atoms with Crippen LogP contribution in [0.25, 0.3) is 0 Å². The van der Waals surface area contributed by atoms with Crippen LogP contribution < -0.4 is 5.32 Å². The van der Waals surface area contributed by atoms with E-state index in [0.717, 1.165) is 4.90 Å². The zero-order valence-electron chi connectivity index (χ0n) is 14.1. The number of benzene rings is 1. The molecule has 1 aromatic carbocycles. The maximum Gasteiger partial charge on any atom is 0.242 e. The van der Waals surface area contributed by atoms with Crippen LogP contribution in [-0.4, -0.2) is 27.5 Å². The molecular weight excluding hydrogens is 348 g/mol. The van der Waals surface area contributed by atoms with E-state index < -0.39 is 10.2 Å². The van der Waals surface area contributed by atoms with Gasteiger partial charge in [0.05, 0.1) is 17.0 Å². The molecule has 1 amide bonds. The number of rotatable bonds is 6. The van der Waals surface area contributed by atoms with Crippen LogP contribution in [0.1, 0.15) is 33.4 Å². The zero-order chi connectivity index (χ0) is 18.0. The summed E-state index contributed by atoms with van der Waals surface area (Å²) in [6.45, 7) is 7.28. The fraction of sp³-hybridized carbons (Fsp3) is 0.412. The Hall–Kier alpha value is -1.50. The molecule has 0 radical (unpaired) electrons. The standard InChI is InChI=1S/C17H21ClN2O3S/c1-16(2,10-21)13-9-14(23-20-13)19-15(22)17(3,4)24-12-7-5-11(18)6-8-12/h5-9,21H,10H2,1-4H3,(H,19,22). The summed E-state index contributed by atoms with van der Waals surface area (Å²) in [6, 6.07) is 8.96. The number of carbonyl (C=O) groups excluding carboxylic acids is 1. The highest BCUT2D eigenvalue weighted by atomic mass is 35.5. The molecule has 1 heterocycles. The molecule has 0 aliphatic rings. The highest BCUT2D eigenvalue weighted by Gasteiger charge is 2.31. The summed E-state index contributed by atoms with van der Waals surface area (Å²) in [5.41, 5.74) is 0.0588. The van der Waals surface area contributed by atoms with E-state index >= 15 is 0 Å². The van der Waals surface area contributed by atoms with Gasteiger partial charge in [-0.1, -0.05) is 30.6 Å². The van der Waals surface area contributed by atoms with Gasteiger partial charge < -0.3 is 9.63 Å². The smallest absolute Gasteiger partial charge is 0.242 e. The summed E-state index contributed by atoms with van der Waals surface area (Å²) in [7, 11) is 0. The highest BCUT2D eigenvalue weighted by Crippen LogP contribution is 2.34. The lowest BCUT2D eigenvalue weighted by Crippen LogP contribution is -2.33. The van der Waals surface area contributed by atoms with Crippen LogP contribution in [0.4, 0.5) is 5.88 Å². The Labute approximate surface area is 150 Å². The number of aliphatic hydroxyl groups is 1. The maximum absolute atomic E-state index is 12.5. The third kappa shape index (κ3) is 4.53. The molecule has 7 heteroatoms. The van der Waals surface area contributed by atoms with E-state index in [1.807, 2.05) is 39.8 Å². The fourth-order valence-electron chi connectivity index (χ4n) is 1.84. The van der Waals surface area contributed by atoms with Crippen molar-refractivity contribution in [1.29, 1.82) is 0 Å². The second kappa shape index (κ2) is 7.17. The molecule has 0 saturated heterocycles. The minimum absolute atomic E-state index is 0.0647. The molecule has 2 aromatic rings. The Morgan fingerprint density at radius 2 is 1.92 bits per heavy atom. The van der Waals surface area contributed by atoms with E-state index in [-0.39, 0.29) is 18.4 Å². The molecule has 0 unspecified atom stereocenters. The lowest BCUT2D eigenvalue weighted by atomic mass is 9.91. The Kier molecular flexibility index (Phi) is 5.63. The Morgan fingerprint density at radius 3 is 2.50 bits per heavy atom. The fourth-order valence-corrected chi connectivity index (χ4v) is 2.97. The van der Waals surface area contributed by atoms with Crippen molar-refractivity contribution in [1.82, 2.24) is 5.16 Å². The number of aliphatic hydroxyl groups excluding tert-OH is 1. The molecule has 0 aliphatic carbocycles. The molecule has 130 valence electrons. The third-order valence-electron chi connectivity index (χ3n) is 3.57. The number of nitrogens with one attached hydrogen (secondary N) is 1. The van der Waals surface area contributed by atoms with Crippen LogP contribution >= 0.6 is 23.4 Å². The zero-order valence-corrected chi connectivity index (χ0v) is 15.7. The minimum Gasteiger partial charge on any atom is -0.395 e. The van der Waals surface area contributed by atoms with Crippen molar-refractivity contribution >= 4 is 35.2 Å². The monoisotopic (exact) mass is 368 g/mol. The first-order valence-electron chi connectivity index (χ1n) is 7.48. The van der Waals surface area contributed by atoms with Crippen molar-refractivity contribution in [3.8, 4) is 0 Å². The van der Waals surface area contributed by atoms with Gasteiger partial charge in [-0.25, -0.2) is 0 Å². The van der Waals surface area contributed by atoms with E-state index in [2.05, 4.69) is 10.5 Å². The van der Waals surface area contributed by atoms with Crippen molar-refractivity contribution < 1.29 is 14.4 Å². The first kappa shape index (κ1) is 18.8. The van der Waals surface area contributed by atoms with Crippen molar-refractivity contribution in [2.24, 2.45) is 0 Å². The minimum atomic E-state index is -0.715. The SMILES string of the molecule is CC(C)(Sc1ccc(Cl)cc1)C(=O)Nc1cc(C(C)(C)CO)no1. The number of anilines is 1. The van der Waals surface area contributed by atoms with Crippen molar-refractivity contribution in [2.75, 3.05) is 11.9 Å². The Bertz CT molecular complexity index is 711. The summed E-state index contributed by atoms with van der Waals surface area (Å²) < 4.78 is 4.45. The number of hydrogen-bond donors (Lipinski definition) is 2. The summed E-state index contributed by atoms with van der Waals surface area (Å²) in [6.07, 6.45) is 0. The van der Waals surface area contributed by atoms with E-state index in [4.69, 9.17) is 16.1 Å². The second-order valence-electron chi connectivity index (χ2n) is 6.64. The number of amides is 1. The van der Waals surface area contributed by atoms with Crippen LogP contribution in [-0.2, 0) is 10.2 Å². The number of aromatic nitrogens is 1. The molecule has 0 atom stereocenters. The first-order valence-corrected chi connectivity index (χ1v) is 8.67. The summed E-state index contributed by atoms with van der Waals surface area (Å²) >= 11 is 7.30. The predicted octanol–water partition coefficient (Wildman–Crippen LogP) is 4.11. The van der Waals surface area contributed by atoms with E-state index in [9.17, 15) is 9.90 Å². The van der Waals surface area contributed by atoms with E-state index in [1.165, 1.54) is 11.8 Å². The molecular formula is C17H21ClN2O3S. The van der Waals surface area contributed by atoms with E-state index in [1.54, 1.807) is 18.2 Å². The number of carbonyl (C=O) groups is 1. The lowest BCUT2D eigenvalue weighted by Gasteiger charge is -2.22. The number of nitrogens with zero attached hydrogens (tertiary/aromatic N) is 1. The summed E-state index contributed by atoms with van der Waals surface area (Å²) in [5.74, 6) is 0.0632. The molecule has 1 aromatic heterocycles. The van der Waals surface area contributed by atoms with Gasteiger partial charge in [-0.05, 0) is 38.1 Å². The predicted molar refractivity (Wildman–Crippen MR) is 96.6 cm³/mol. The topological polar surface area (TPSA) is 75.4 Å². The summed E-state index contributed by atoms with van der Waals surface area (Å²) in [5, 5.41) is 16.7. The maximum atomic E-state index is 12.5. The first-order chi connectivity index (χ1) is 11.1. The van der Waals surface area contributed by atoms with Crippen LogP contribution in [0.15, 0.2) is 39.8 Å². The third-order valence-corrected chi connectivity index (χ3v) is 5.02. The van der Waals surface area contributed by atoms with Gasteiger partial charge in [0.1, 0.15) is 0 Å². The van der Waals surface area contributed by atoms with Gasteiger partial charge in [-0.2, -0.15) is 0 Å². The van der Waals surface area contributed by atoms with Gasteiger partial charge in [0.2, 0.25) is 11.8 Å². The Balaban J connectivity index is 2.06. The van der Waals surface area contributed by atoms with Gasteiger partial charge in [-0.3, -0.25) is 10.1 Å². The van der Waals surface area contributed by atoms with Crippen molar-refractivity contribution in [2.45, 2.75) is 42.8 Å². The molecule has 0 saturated carbocycles. The van der Waals surface area contributed by atoms with Gasteiger partial charge in [0.15, 0.2) is 0 Å². The van der Waals surface area contributed by atoms with Crippen LogP contribution in [0.5, 0.6) is 0 Å². The normalized spacial score (nSPS) is 12.2. The average molecular weight is 369 g/mol. The largest absolute Gasteiger partial charge is 0.395 e. The van der Waals surface area contributed by atoms with Gasteiger partial charge >= 0.3 is 0 Å². The quantitative estimate of drug-likeness (QED) is 0.750. The molecule has 0 fully saturated rings. The van der Waals surface area contributed by atoms with Crippen molar-refractivity contribution in [3.05, 3.63) is 41.0 Å². The molecule has 24 heavy (non-hydrogen) atoms. The average Bonchev–Trinajstić information content (AvgIpc) is 2.98. The number of hydrogen-bond acceptors (Lipinski definition) is 5. The molecule has 0 aliphatic heterocycles. The molecule has 2 rings (SSSR count). The highest BCUT2D eigenvalue weighted by molar-refractivity contribution is 8.01. The number of halogens is 1. The molecule has 5 nitrogen and oxygen atoms in total. The van der Waals surface area contributed by atoms with Crippen LogP contribution in [0, 0.1) is 0 Å². The van der Waals surface area contributed by atoms with Crippen molar-refractivity contribution in [3.63, 3.8) is 0 Å². The molecule has 0 spiro atoms.